The molecule has 1 N–H and O–H groups in total. The minimum atomic E-state index is -3.33. The lowest BCUT2D eigenvalue weighted by Crippen LogP contribution is -2.04. The van der Waals surface area contributed by atoms with Crippen LogP contribution in [0.3, 0.4) is 0 Å². The molecule has 28 heavy (non-hydrogen) atoms. The third-order valence-corrected chi connectivity index (χ3v) is 5.33. The van der Waals surface area contributed by atoms with Gasteiger partial charge in [-0.2, -0.15) is 5.10 Å². The van der Waals surface area contributed by atoms with Crippen molar-refractivity contribution in [2.45, 2.75) is 17.7 Å². The molecule has 2 aromatic carbocycles. The molecular formula is C20H19FN2O4S. The van der Waals surface area contributed by atoms with Gasteiger partial charge in [0.05, 0.1) is 16.3 Å². The van der Waals surface area contributed by atoms with Crippen LogP contribution in [0.25, 0.3) is 16.9 Å². The average molecular weight is 402 g/mol. The first-order valence-electron chi connectivity index (χ1n) is 8.60. The summed E-state index contributed by atoms with van der Waals surface area (Å²) in [4.78, 5) is 12.5. The molecule has 0 radical (unpaired) electrons. The van der Waals surface area contributed by atoms with Gasteiger partial charge in [-0.3, -0.25) is 4.79 Å². The number of hydrogen-bond acceptors (Lipinski definition) is 5. The lowest BCUT2D eigenvalue weighted by molar-refractivity contribution is 0.0966. The third kappa shape index (κ3) is 4.35. The van der Waals surface area contributed by atoms with Gasteiger partial charge in [0.15, 0.2) is 15.6 Å². The smallest absolute Gasteiger partial charge is 0.183 e. The summed E-state index contributed by atoms with van der Waals surface area (Å²) in [5.74, 6) is -0.613. The van der Waals surface area contributed by atoms with Crippen molar-refractivity contribution in [1.29, 1.82) is 0 Å². The Morgan fingerprint density at radius 1 is 1.11 bits per heavy atom. The van der Waals surface area contributed by atoms with Crippen molar-refractivity contribution in [2.75, 3.05) is 12.9 Å². The highest BCUT2D eigenvalue weighted by atomic mass is 32.2. The van der Waals surface area contributed by atoms with Crippen molar-refractivity contribution in [3.05, 3.63) is 66.1 Å². The van der Waals surface area contributed by atoms with E-state index in [0.29, 0.717) is 23.4 Å². The number of aliphatic hydroxyl groups is 1. The second kappa shape index (κ2) is 8.04. The van der Waals surface area contributed by atoms with Crippen LogP contribution in [0.15, 0.2) is 59.5 Å². The first kappa shape index (κ1) is 19.9. The molecule has 0 fully saturated rings. The Morgan fingerprint density at radius 3 is 2.32 bits per heavy atom. The number of aliphatic hydroxyl groups excluding tert-OH is 1. The second-order valence-corrected chi connectivity index (χ2v) is 8.37. The summed E-state index contributed by atoms with van der Waals surface area (Å²) in [7, 11) is -3.33. The van der Waals surface area contributed by atoms with Crippen molar-refractivity contribution in [1.82, 2.24) is 9.78 Å². The van der Waals surface area contributed by atoms with Crippen LogP contribution in [-0.4, -0.2) is 42.0 Å². The number of aromatic nitrogens is 2. The normalized spacial score (nSPS) is 11.5. The molecule has 3 aromatic rings. The number of Topliss-reactive ketones (excluding diaryl/α,β-unsaturated/α-hetero) is 1. The predicted octanol–water partition coefficient (Wildman–Crippen LogP) is 3.04. The van der Waals surface area contributed by atoms with E-state index in [0.717, 1.165) is 6.26 Å². The van der Waals surface area contributed by atoms with Crippen LogP contribution in [0.5, 0.6) is 0 Å². The molecule has 146 valence electrons. The molecule has 0 aliphatic rings. The minimum absolute atomic E-state index is 0.0930. The van der Waals surface area contributed by atoms with E-state index in [1.165, 1.54) is 28.9 Å². The molecule has 3 rings (SSSR count). The van der Waals surface area contributed by atoms with E-state index in [4.69, 9.17) is 5.11 Å². The molecule has 0 amide bonds. The Labute approximate surface area is 162 Å². The van der Waals surface area contributed by atoms with Crippen LogP contribution in [0, 0.1) is 5.82 Å². The summed E-state index contributed by atoms with van der Waals surface area (Å²) < 4.78 is 38.2. The van der Waals surface area contributed by atoms with Gasteiger partial charge >= 0.3 is 0 Å². The van der Waals surface area contributed by atoms with Crippen molar-refractivity contribution in [2.24, 2.45) is 0 Å². The lowest BCUT2D eigenvalue weighted by Gasteiger charge is -2.08. The van der Waals surface area contributed by atoms with E-state index in [1.807, 2.05) is 0 Å². The number of hydrogen-bond donors (Lipinski definition) is 1. The van der Waals surface area contributed by atoms with Gasteiger partial charge in [-0.25, -0.2) is 17.5 Å². The van der Waals surface area contributed by atoms with E-state index in [2.05, 4.69) is 5.10 Å². The van der Waals surface area contributed by atoms with E-state index in [-0.39, 0.29) is 29.4 Å². The number of ketones is 1. The Hall–Kier alpha value is -2.84. The van der Waals surface area contributed by atoms with E-state index >= 15 is 0 Å². The Bertz CT molecular complexity index is 1090. The zero-order valence-electron chi connectivity index (χ0n) is 15.2. The number of halogens is 1. The predicted molar refractivity (Wildman–Crippen MR) is 103 cm³/mol. The van der Waals surface area contributed by atoms with Crippen molar-refractivity contribution >= 4 is 15.6 Å². The molecular weight excluding hydrogens is 383 g/mol. The Kier molecular flexibility index (Phi) is 5.71. The fourth-order valence-electron chi connectivity index (χ4n) is 2.74. The lowest BCUT2D eigenvalue weighted by atomic mass is 10.1. The maximum absolute atomic E-state index is 13.3. The zero-order chi connectivity index (χ0) is 20.3. The largest absolute Gasteiger partial charge is 0.396 e. The maximum Gasteiger partial charge on any atom is 0.183 e. The molecule has 0 bridgehead atoms. The van der Waals surface area contributed by atoms with Crippen molar-refractivity contribution < 1.29 is 22.7 Å². The van der Waals surface area contributed by atoms with Gasteiger partial charge < -0.3 is 5.11 Å². The van der Waals surface area contributed by atoms with Gasteiger partial charge in [0, 0.05) is 24.8 Å². The van der Waals surface area contributed by atoms with E-state index < -0.39 is 15.7 Å². The topological polar surface area (TPSA) is 89.3 Å². The van der Waals surface area contributed by atoms with Crippen LogP contribution in [-0.2, 0) is 9.84 Å². The summed E-state index contributed by atoms with van der Waals surface area (Å²) in [6.07, 6.45) is 1.62. The van der Waals surface area contributed by atoms with Gasteiger partial charge in [0.25, 0.3) is 0 Å². The van der Waals surface area contributed by atoms with Gasteiger partial charge in [-0.1, -0.05) is 12.1 Å². The van der Waals surface area contributed by atoms with Gasteiger partial charge in [0.1, 0.15) is 11.5 Å². The van der Waals surface area contributed by atoms with Crippen molar-refractivity contribution in [3.63, 3.8) is 0 Å². The fraction of sp³-hybridized carbons (Fsp3) is 0.200. The monoisotopic (exact) mass is 402 g/mol. The number of carbonyl (C=O) groups is 1. The number of rotatable bonds is 7. The van der Waals surface area contributed by atoms with Crippen LogP contribution >= 0.6 is 0 Å². The van der Waals surface area contributed by atoms with Gasteiger partial charge in [-0.05, 0) is 48.9 Å². The molecule has 0 aliphatic heterocycles. The summed E-state index contributed by atoms with van der Waals surface area (Å²) in [5.41, 5.74) is 2.01. The highest BCUT2D eigenvalue weighted by molar-refractivity contribution is 7.90. The minimum Gasteiger partial charge on any atom is -0.396 e. The van der Waals surface area contributed by atoms with Gasteiger partial charge in [-0.15, -0.1) is 0 Å². The molecule has 1 heterocycles. The SMILES string of the molecule is CS(=O)(=O)c1ccc(-c2cc(C(=O)CCCO)nn2-c2ccc(F)cc2)cc1. The Balaban J connectivity index is 2.08. The standard InChI is InChI=1S/C20H19FN2O4S/c1-28(26,27)17-10-4-14(5-11-17)19-13-18(20(25)3-2-12-24)22-23(19)16-8-6-15(21)7-9-16/h4-11,13,24H,2-3,12H2,1H3. The molecule has 0 aliphatic carbocycles. The fourth-order valence-corrected chi connectivity index (χ4v) is 3.37. The summed E-state index contributed by atoms with van der Waals surface area (Å²) >= 11 is 0. The van der Waals surface area contributed by atoms with Crippen LogP contribution < -0.4 is 0 Å². The molecule has 0 saturated heterocycles. The molecule has 0 atom stereocenters. The van der Waals surface area contributed by atoms with Crippen molar-refractivity contribution in [3.8, 4) is 16.9 Å². The average Bonchev–Trinajstić information content (AvgIpc) is 3.11. The molecule has 0 spiro atoms. The molecule has 1 aromatic heterocycles. The number of benzene rings is 2. The number of carbonyl (C=O) groups excluding carboxylic acids is 1. The summed E-state index contributed by atoms with van der Waals surface area (Å²) in [6.45, 7) is -0.0930. The van der Waals surface area contributed by atoms with Gasteiger partial charge in [0.2, 0.25) is 0 Å². The van der Waals surface area contributed by atoms with Crippen LogP contribution in [0.1, 0.15) is 23.3 Å². The second-order valence-electron chi connectivity index (χ2n) is 6.35. The zero-order valence-corrected chi connectivity index (χ0v) is 16.0. The third-order valence-electron chi connectivity index (χ3n) is 4.21. The quantitative estimate of drug-likeness (QED) is 0.614. The summed E-state index contributed by atoms with van der Waals surface area (Å²) in [6, 6.07) is 13.5. The highest BCUT2D eigenvalue weighted by Crippen LogP contribution is 2.26. The first-order valence-corrected chi connectivity index (χ1v) is 10.5. The molecule has 8 heteroatoms. The van der Waals surface area contributed by atoms with E-state index in [1.54, 1.807) is 30.3 Å². The molecule has 6 nitrogen and oxygen atoms in total. The van der Waals surface area contributed by atoms with Crippen LogP contribution in [0.4, 0.5) is 4.39 Å². The number of nitrogens with zero attached hydrogens (tertiary/aromatic N) is 2. The summed E-state index contributed by atoms with van der Waals surface area (Å²) in [5, 5.41) is 13.3. The van der Waals surface area contributed by atoms with Crippen LogP contribution in [0.2, 0.25) is 0 Å². The number of sulfone groups is 1. The first-order chi connectivity index (χ1) is 13.3. The highest BCUT2D eigenvalue weighted by Gasteiger charge is 2.17. The molecule has 0 saturated carbocycles. The van der Waals surface area contributed by atoms with E-state index in [9.17, 15) is 17.6 Å². The Morgan fingerprint density at radius 2 is 1.75 bits per heavy atom. The maximum atomic E-state index is 13.3. The molecule has 0 unspecified atom stereocenters.